The third-order valence-electron chi connectivity index (χ3n) is 4.52. The molecule has 2 amide bonds. The van der Waals surface area contributed by atoms with Crippen molar-refractivity contribution in [2.24, 2.45) is 0 Å². The lowest BCUT2D eigenvalue weighted by atomic mass is 9.97. The molecular formula is C17H25N3O3. The number of aromatic amines is 1. The minimum atomic E-state index is -0.477. The van der Waals surface area contributed by atoms with Gasteiger partial charge in [-0.3, -0.25) is 4.79 Å². The Hall–Kier alpha value is -1.98. The molecule has 2 aliphatic heterocycles. The molecule has 3 rings (SSSR count). The van der Waals surface area contributed by atoms with Crippen molar-refractivity contribution in [1.82, 2.24) is 15.2 Å². The SMILES string of the molecule is CC(C)(C)OC(=O)N1[C@H]2CC[C@H]1CC(NC(=O)c1ccc[nH]1)C2. The highest BCUT2D eigenvalue weighted by Crippen LogP contribution is 2.36. The lowest BCUT2D eigenvalue weighted by Gasteiger charge is -2.39. The lowest BCUT2D eigenvalue weighted by Crippen LogP contribution is -2.53. The quantitative estimate of drug-likeness (QED) is 0.880. The Morgan fingerprint density at radius 3 is 2.43 bits per heavy atom. The highest BCUT2D eigenvalue weighted by molar-refractivity contribution is 5.92. The molecule has 6 heteroatoms. The molecule has 3 heterocycles. The van der Waals surface area contributed by atoms with Gasteiger partial charge in [-0.05, 0) is 58.6 Å². The molecule has 2 fully saturated rings. The number of ether oxygens (including phenoxy) is 1. The van der Waals surface area contributed by atoms with Crippen molar-refractivity contribution >= 4 is 12.0 Å². The van der Waals surface area contributed by atoms with E-state index in [9.17, 15) is 9.59 Å². The second kappa shape index (κ2) is 5.91. The number of nitrogens with zero attached hydrogens (tertiary/aromatic N) is 1. The molecule has 6 nitrogen and oxygen atoms in total. The zero-order valence-corrected chi connectivity index (χ0v) is 14.0. The topological polar surface area (TPSA) is 74.4 Å². The van der Waals surface area contributed by atoms with Gasteiger partial charge in [-0.2, -0.15) is 0 Å². The minimum absolute atomic E-state index is 0.0786. The van der Waals surface area contributed by atoms with E-state index in [0.29, 0.717) is 5.69 Å². The van der Waals surface area contributed by atoms with Crippen molar-refractivity contribution in [3.05, 3.63) is 24.0 Å². The summed E-state index contributed by atoms with van der Waals surface area (Å²) >= 11 is 0. The maximum Gasteiger partial charge on any atom is 0.410 e. The molecule has 23 heavy (non-hydrogen) atoms. The summed E-state index contributed by atoms with van der Waals surface area (Å²) in [6.07, 6.45) is 5.07. The van der Waals surface area contributed by atoms with E-state index in [2.05, 4.69) is 10.3 Å². The molecule has 0 saturated carbocycles. The Balaban J connectivity index is 1.61. The van der Waals surface area contributed by atoms with Crippen LogP contribution in [0.1, 0.15) is 56.9 Å². The van der Waals surface area contributed by atoms with Crippen molar-refractivity contribution in [1.29, 1.82) is 0 Å². The second-order valence-corrected chi connectivity index (χ2v) is 7.50. The summed E-state index contributed by atoms with van der Waals surface area (Å²) in [4.78, 5) is 29.4. The van der Waals surface area contributed by atoms with Crippen LogP contribution in [-0.4, -0.2) is 45.6 Å². The number of aromatic nitrogens is 1. The zero-order valence-electron chi connectivity index (χ0n) is 14.0. The predicted molar refractivity (Wildman–Crippen MR) is 86.2 cm³/mol. The van der Waals surface area contributed by atoms with E-state index in [4.69, 9.17) is 4.74 Å². The third kappa shape index (κ3) is 3.51. The average molecular weight is 319 g/mol. The maximum absolute atomic E-state index is 12.4. The van der Waals surface area contributed by atoms with Gasteiger partial charge in [0.1, 0.15) is 11.3 Å². The normalized spacial score (nSPS) is 26.9. The highest BCUT2D eigenvalue weighted by Gasteiger charge is 2.45. The smallest absolute Gasteiger partial charge is 0.410 e. The van der Waals surface area contributed by atoms with Crippen LogP contribution >= 0.6 is 0 Å². The van der Waals surface area contributed by atoms with Crippen LogP contribution in [0.5, 0.6) is 0 Å². The van der Waals surface area contributed by atoms with Crippen LogP contribution in [0, 0.1) is 0 Å². The van der Waals surface area contributed by atoms with Crippen LogP contribution in [0.25, 0.3) is 0 Å². The van der Waals surface area contributed by atoms with Gasteiger partial charge in [0.25, 0.3) is 5.91 Å². The number of carbonyl (C=O) groups is 2. The van der Waals surface area contributed by atoms with Gasteiger partial charge in [-0.1, -0.05) is 0 Å². The highest BCUT2D eigenvalue weighted by atomic mass is 16.6. The molecule has 1 aromatic heterocycles. The summed E-state index contributed by atoms with van der Waals surface area (Å²) in [5.74, 6) is -0.0786. The summed E-state index contributed by atoms with van der Waals surface area (Å²) in [5, 5.41) is 3.08. The Labute approximate surface area is 136 Å². The standard InChI is InChI=1S/C17H25N3O3/c1-17(2,3)23-16(22)20-12-6-7-13(20)10-11(9-12)19-15(21)14-5-4-8-18-14/h4-5,8,11-13,18H,6-7,9-10H2,1-3H3,(H,19,21)/t12-,13-/m0/s1. The molecule has 0 aliphatic carbocycles. The number of hydrogen-bond acceptors (Lipinski definition) is 3. The predicted octanol–water partition coefficient (Wildman–Crippen LogP) is 2.68. The number of amides is 2. The molecule has 2 aliphatic rings. The first-order valence-electron chi connectivity index (χ1n) is 8.29. The van der Waals surface area contributed by atoms with E-state index in [0.717, 1.165) is 25.7 Å². The number of rotatable bonds is 2. The van der Waals surface area contributed by atoms with Crippen LogP contribution in [0.4, 0.5) is 4.79 Å². The average Bonchev–Trinajstić information content (AvgIpc) is 3.04. The number of H-pyrrole nitrogens is 1. The Morgan fingerprint density at radius 1 is 1.26 bits per heavy atom. The van der Waals surface area contributed by atoms with E-state index in [1.807, 2.05) is 31.7 Å². The Morgan fingerprint density at radius 2 is 1.91 bits per heavy atom. The largest absolute Gasteiger partial charge is 0.444 e. The molecule has 0 spiro atoms. The third-order valence-corrected chi connectivity index (χ3v) is 4.52. The maximum atomic E-state index is 12.4. The van der Waals surface area contributed by atoms with Crippen molar-refractivity contribution < 1.29 is 14.3 Å². The van der Waals surface area contributed by atoms with Crippen molar-refractivity contribution in [2.75, 3.05) is 0 Å². The van der Waals surface area contributed by atoms with Gasteiger partial charge in [0.15, 0.2) is 0 Å². The number of piperidine rings is 1. The zero-order chi connectivity index (χ0) is 16.6. The van der Waals surface area contributed by atoms with Gasteiger partial charge in [-0.15, -0.1) is 0 Å². The van der Waals surface area contributed by atoms with Crippen LogP contribution in [0.2, 0.25) is 0 Å². The fraction of sp³-hybridized carbons (Fsp3) is 0.647. The van der Waals surface area contributed by atoms with Gasteiger partial charge in [0.05, 0.1) is 0 Å². The first kappa shape index (κ1) is 15.9. The van der Waals surface area contributed by atoms with Crippen LogP contribution in [0.15, 0.2) is 18.3 Å². The van der Waals surface area contributed by atoms with Crippen LogP contribution < -0.4 is 5.32 Å². The van der Waals surface area contributed by atoms with E-state index >= 15 is 0 Å². The summed E-state index contributed by atoms with van der Waals surface area (Å²) in [6.45, 7) is 5.66. The van der Waals surface area contributed by atoms with Gasteiger partial charge < -0.3 is 19.9 Å². The molecule has 0 aromatic carbocycles. The number of nitrogens with one attached hydrogen (secondary N) is 2. The van der Waals surface area contributed by atoms with E-state index in [1.54, 1.807) is 12.3 Å². The molecule has 2 saturated heterocycles. The van der Waals surface area contributed by atoms with Crippen molar-refractivity contribution in [2.45, 2.75) is 70.2 Å². The Bertz CT molecular complexity index is 562. The number of hydrogen-bond donors (Lipinski definition) is 2. The van der Waals surface area contributed by atoms with E-state index in [1.165, 1.54) is 0 Å². The van der Waals surface area contributed by atoms with E-state index < -0.39 is 5.60 Å². The molecule has 0 radical (unpaired) electrons. The molecule has 2 bridgehead atoms. The summed E-state index contributed by atoms with van der Waals surface area (Å²) in [5.41, 5.74) is 0.0989. The number of carbonyl (C=O) groups excluding carboxylic acids is 2. The van der Waals surface area contributed by atoms with Crippen LogP contribution in [0.3, 0.4) is 0 Å². The van der Waals surface area contributed by atoms with Gasteiger partial charge in [0, 0.05) is 24.3 Å². The molecule has 126 valence electrons. The molecule has 0 unspecified atom stereocenters. The monoisotopic (exact) mass is 319 g/mol. The Kier molecular flexibility index (Phi) is 4.08. The van der Waals surface area contributed by atoms with E-state index in [-0.39, 0.29) is 30.1 Å². The van der Waals surface area contributed by atoms with Crippen molar-refractivity contribution in [3.63, 3.8) is 0 Å². The molecular weight excluding hydrogens is 294 g/mol. The second-order valence-electron chi connectivity index (χ2n) is 7.50. The summed E-state index contributed by atoms with van der Waals surface area (Å²) in [7, 11) is 0. The fourth-order valence-electron chi connectivity index (χ4n) is 3.64. The summed E-state index contributed by atoms with van der Waals surface area (Å²) < 4.78 is 5.53. The van der Waals surface area contributed by atoms with Gasteiger partial charge in [-0.25, -0.2) is 4.79 Å². The number of fused-ring (bicyclic) bond motifs is 2. The molecule has 2 atom stereocenters. The fourth-order valence-corrected chi connectivity index (χ4v) is 3.64. The first-order valence-corrected chi connectivity index (χ1v) is 8.29. The summed E-state index contributed by atoms with van der Waals surface area (Å²) in [6, 6.07) is 4.01. The molecule has 2 N–H and O–H groups in total. The minimum Gasteiger partial charge on any atom is -0.444 e. The lowest BCUT2D eigenvalue weighted by molar-refractivity contribution is 0.00499. The van der Waals surface area contributed by atoms with Gasteiger partial charge in [0.2, 0.25) is 0 Å². The van der Waals surface area contributed by atoms with Crippen molar-refractivity contribution in [3.8, 4) is 0 Å². The first-order chi connectivity index (χ1) is 10.8. The van der Waals surface area contributed by atoms with Gasteiger partial charge >= 0.3 is 6.09 Å². The molecule has 1 aromatic rings. The van der Waals surface area contributed by atoms with Crippen LogP contribution in [-0.2, 0) is 4.74 Å².